The number of hydrogen-bond acceptors (Lipinski definition) is 3. The van der Waals surface area contributed by atoms with Crippen LogP contribution in [0.3, 0.4) is 0 Å². The van der Waals surface area contributed by atoms with Gasteiger partial charge in [0, 0.05) is 18.7 Å². The Balaban J connectivity index is 2.18. The molecular weight excluding hydrogens is 264 g/mol. The molecule has 0 bridgehead atoms. The minimum Gasteiger partial charge on any atom is -0.434 e. The van der Waals surface area contributed by atoms with Crippen molar-refractivity contribution in [2.75, 3.05) is 13.1 Å². The molecule has 2 unspecified atom stereocenters. The Kier molecular flexibility index (Phi) is 4.94. The van der Waals surface area contributed by atoms with E-state index in [0.717, 1.165) is 19.4 Å². The van der Waals surface area contributed by atoms with E-state index >= 15 is 0 Å². The molecule has 0 spiro atoms. The first kappa shape index (κ1) is 15.2. The Morgan fingerprint density at radius 1 is 1.45 bits per heavy atom. The molecule has 1 saturated heterocycles. The third-order valence-electron chi connectivity index (χ3n) is 3.52. The molecule has 0 saturated carbocycles. The first-order valence-corrected chi connectivity index (χ1v) is 6.96. The summed E-state index contributed by atoms with van der Waals surface area (Å²) in [7, 11) is 0. The maximum Gasteiger partial charge on any atom is 0.387 e. The molecule has 2 atom stereocenters. The molecule has 1 fully saturated rings. The van der Waals surface area contributed by atoms with E-state index in [0.29, 0.717) is 12.1 Å². The van der Waals surface area contributed by atoms with Gasteiger partial charge in [0.15, 0.2) is 0 Å². The van der Waals surface area contributed by atoms with E-state index in [9.17, 15) is 8.78 Å². The number of hydrogen-bond donors (Lipinski definition) is 1. The summed E-state index contributed by atoms with van der Waals surface area (Å²) in [5, 5.41) is 3.32. The van der Waals surface area contributed by atoms with Crippen LogP contribution in [0.2, 0.25) is 0 Å². The summed E-state index contributed by atoms with van der Waals surface area (Å²) in [6.07, 6.45) is 1.67. The van der Waals surface area contributed by atoms with Crippen molar-refractivity contribution in [1.82, 2.24) is 5.32 Å². The van der Waals surface area contributed by atoms with Crippen LogP contribution < -0.4 is 10.1 Å². The largest absolute Gasteiger partial charge is 0.434 e. The minimum atomic E-state index is -2.82. The van der Waals surface area contributed by atoms with Gasteiger partial charge in [0.2, 0.25) is 0 Å². The van der Waals surface area contributed by atoms with E-state index in [1.54, 1.807) is 18.2 Å². The van der Waals surface area contributed by atoms with Gasteiger partial charge in [-0.05, 0) is 19.4 Å². The second-order valence-electron chi connectivity index (χ2n) is 5.35. The zero-order valence-electron chi connectivity index (χ0n) is 11.9. The normalized spacial score (nSPS) is 26.8. The molecule has 3 nitrogen and oxygen atoms in total. The van der Waals surface area contributed by atoms with Gasteiger partial charge in [0.05, 0.1) is 11.7 Å². The number of nitrogens with one attached hydrogen (secondary N) is 1. The van der Waals surface area contributed by atoms with Crippen molar-refractivity contribution in [3.05, 3.63) is 29.8 Å². The van der Waals surface area contributed by atoms with Crippen LogP contribution in [0.1, 0.15) is 38.4 Å². The Labute approximate surface area is 118 Å². The fourth-order valence-corrected chi connectivity index (χ4v) is 2.69. The van der Waals surface area contributed by atoms with Gasteiger partial charge >= 0.3 is 6.61 Å². The predicted octanol–water partition coefficient (Wildman–Crippen LogP) is 3.51. The predicted molar refractivity (Wildman–Crippen MR) is 73.1 cm³/mol. The summed E-state index contributed by atoms with van der Waals surface area (Å²) >= 11 is 0. The van der Waals surface area contributed by atoms with Crippen molar-refractivity contribution in [2.45, 2.75) is 45.0 Å². The smallest absolute Gasteiger partial charge is 0.387 e. The van der Waals surface area contributed by atoms with Gasteiger partial charge in [-0.25, -0.2) is 0 Å². The van der Waals surface area contributed by atoms with Crippen molar-refractivity contribution in [3.63, 3.8) is 0 Å². The second kappa shape index (κ2) is 6.50. The molecule has 112 valence electrons. The van der Waals surface area contributed by atoms with Gasteiger partial charge in [-0.15, -0.1) is 0 Å². The zero-order valence-corrected chi connectivity index (χ0v) is 11.9. The zero-order chi connectivity index (χ0) is 14.6. The van der Waals surface area contributed by atoms with Gasteiger partial charge in [-0.1, -0.05) is 31.5 Å². The van der Waals surface area contributed by atoms with Gasteiger partial charge in [0.25, 0.3) is 0 Å². The van der Waals surface area contributed by atoms with E-state index in [-0.39, 0.29) is 17.5 Å². The van der Waals surface area contributed by atoms with E-state index in [1.165, 1.54) is 0 Å². The highest BCUT2D eigenvalue weighted by molar-refractivity contribution is 5.35. The van der Waals surface area contributed by atoms with Crippen LogP contribution in [-0.4, -0.2) is 25.3 Å². The molecule has 0 amide bonds. The molecule has 0 radical (unpaired) electrons. The van der Waals surface area contributed by atoms with Gasteiger partial charge < -0.3 is 14.8 Å². The standard InChI is InChI=1S/C15H21F2NO2/c1-3-8-15(2)10-18-9-13(20-15)11-6-4-5-7-12(11)19-14(16)17/h4-7,13-14,18H,3,8-10H2,1-2H3. The highest BCUT2D eigenvalue weighted by Crippen LogP contribution is 2.35. The van der Waals surface area contributed by atoms with Crippen LogP contribution >= 0.6 is 0 Å². The SMILES string of the molecule is CCCC1(C)CNCC(c2ccccc2OC(F)F)O1. The van der Waals surface area contributed by atoms with E-state index in [4.69, 9.17) is 4.74 Å². The Morgan fingerprint density at radius 2 is 2.20 bits per heavy atom. The lowest BCUT2D eigenvalue weighted by molar-refractivity contribution is -0.114. The minimum absolute atomic E-state index is 0.190. The lowest BCUT2D eigenvalue weighted by Gasteiger charge is -2.39. The summed E-state index contributed by atoms with van der Waals surface area (Å²) in [6.45, 7) is 2.70. The van der Waals surface area contributed by atoms with Crippen LogP contribution in [-0.2, 0) is 4.74 Å². The topological polar surface area (TPSA) is 30.5 Å². The molecule has 1 aliphatic rings. The lowest BCUT2D eigenvalue weighted by Crippen LogP contribution is -2.48. The van der Waals surface area contributed by atoms with Crippen LogP contribution in [0, 0.1) is 0 Å². The van der Waals surface area contributed by atoms with E-state index < -0.39 is 6.61 Å². The number of rotatable bonds is 5. The summed E-state index contributed by atoms with van der Waals surface area (Å²) in [5.74, 6) is 0.190. The van der Waals surface area contributed by atoms with E-state index in [1.807, 2.05) is 13.0 Å². The van der Waals surface area contributed by atoms with Crippen LogP contribution in [0.5, 0.6) is 5.75 Å². The van der Waals surface area contributed by atoms with E-state index in [2.05, 4.69) is 17.0 Å². The molecule has 1 N–H and O–H groups in total. The van der Waals surface area contributed by atoms with Crippen molar-refractivity contribution in [1.29, 1.82) is 0 Å². The summed E-state index contributed by atoms with van der Waals surface area (Å²) in [4.78, 5) is 0. The lowest BCUT2D eigenvalue weighted by atomic mass is 9.96. The highest BCUT2D eigenvalue weighted by Gasteiger charge is 2.34. The van der Waals surface area contributed by atoms with Crippen molar-refractivity contribution >= 4 is 0 Å². The van der Waals surface area contributed by atoms with Crippen molar-refractivity contribution in [2.24, 2.45) is 0 Å². The van der Waals surface area contributed by atoms with Crippen molar-refractivity contribution in [3.8, 4) is 5.75 Å². The van der Waals surface area contributed by atoms with Crippen molar-refractivity contribution < 1.29 is 18.3 Å². The molecule has 0 aliphatic carbocycles. The molecule has 5 heteroatoms. The van der Waals surface area contributed by atoms with Crippen LogP contribution in [0.25, 0.3) is 0 Å². The number of ether oxygens (including phenoxy) is 2. The maximum atomic E-state index is 12.5. The highest BCUT2D eigenvalue weighted by atomic mass is 19.3. The summed E-state index contributed by atoms with van der Waals surface area (Å²) < 4.78 is 35.6. The molecule has 1 aromatic carbocycles. The summed E-state index contributed by atoms with van der Waals surface area (Å²) in [5.41, 5.74) is 0.401. The Hall–Kier alpha value is -1.20. The van der Waals surface area contributed by atoms with Crippen LogP contribution in [0.4, 0.5) is 8.78 Å². The first-order chi connectivity index (χ1) is 9.54. The molecule has 1 aromatic rings. The molecule has 2 rings (SSSR count). The third kappa shape index (κ3) is 3.67. The number of benzene rings is 1. The first-order valence-electron chi connectivity index (χ1n) is 6.96. The maximum absolute atomic E-state index is 12.5. The monoisotopic (exact) mass is 285 g/mol. The fourth-order valence-electron chi connectivity index (χ4n) is 2.69. The number of para-hydroxylation sites is 1. The van der Waals surface area contributed by atoms with Gasteiger partial charge in [0.1, 0.15) is 5.75 Å². The quantitative estimate of drug-likeness (QED) is 0.898. The number of halogens is 2. The summed E-state index contributed by atoms with van der Waals surface area (Å²) in [6, 6.07) is 6.82. The number of morpholine rings is 1. The van der Waals surface area contributed by atoms with Gasteiger partial charge in [-0.2, -0.15) is 8.78 Å². The number of alkyl halides is 2. The fraction of sp³-hybridized carbons (Fsp3) is 0.600. The third-order valence-corrected chi connectivity index (χ3v) is 3.52. The van der Waals surface area contributed by atoms with Crippen LogP contribution in [0.15, 0.2) is 24.3 Å². The van der Waals surface area contributed by atoms with Gasteiger partial charge in [-0.3, -0.25) is 0 Å². The molecule has 1 aliphatic heterocycles. The molecule has 0 aromatic heterocycles. The molecule has 20 heavy (non-hydrogen) atoms. The molecule has 1 heterocycles. The average molecular weight is 285 g/mol. The second-order valence-corrected chi connectivity index (χ2v) is 5.35. The average Bonchev–Trinajstić information content (AvgIpc) is 2.38. The Morgan fingerprint density at radius 3 is 2.90 bits per heavy atom. The Bertz CT molecular complexity index is 438. The molecular formula is C15H21F2NO2.